The van der Waals surface area contributed by atoms with Gasteiger partial charge in [-0.2, -0.15) is 0 Å². The number of hydrogen-bond acceptors (Lipinski definition) is 3. The summed E-state index contributed by atoms with van der Waals surface area (Å²) in [4.78, 5) is 0. The predicted molar refractivity (Wildman–Crippen MR) is 33.5 cm³/mol. The zero-order valence-corrected chi connectivity index (χ0v) is 4.94. The quantitative estimate of drug-likeness (QED) is 0.433. The van der Waals surface area contributed by atoms with E-state index in [1.54, 1.807) is 0 Å². The van der Waals surface area contributed by atoms with Crippen LogP contribution in [0.3, 0.4) is 0 Å². The molecule has 0 saturated carbocycles. The monoisotopic (exact) mass is 116 g/mol. The van der Waals surface area contributed by atoms with Crippen molar-refractivity contribution in [3.05, 3.63) is 0 Å². The van der Waals surface area contributed by atoms with Crippen molar-refractivity contribution in [1.82, 2.24) is 5.32 Å². The van der Waals surface area contributed by atoms with Crippen molar-refractivity contribution in [2.24, 2.45) is 0 Å². The van der Waals surface area contributed by atoms with Crippen LogP contribution in [0.4, 0.5) is 0 Å². The second kappa shape index (κ2) is 6.59. The van der Waals surface area contributed by atoms with E-state index in [0.717, 1.165) is 26.3 Å². The van der Waals surface area contributed by atoms with Crippen LogP contribution in [-0.2, 0) is 4.74 Å². The van der Waals surface area contributed by atoms with E-state index in [1.807, 2.05) is 0 Å². The van der Waals surface area contributed by atoms with Gasteiger partial charge in [0.15, 0.2) is 0 Å². The summed E-state index contributed by atoms with van der Waals surface area (Å²) in [5.41, 5.74) is 0. The van der Waals surface area contributed by atoms with E-state index in [0.29, 0.717) is 0 Å². The van der Waals surface area contributed by atoms with Crippen molar-refractivity contribution >= 4 is 6.72 Å². The molecule has 1 aliphatic heterocycles. The highest BCUT2D eigenvalue weighted by molar-refractivity contribution is 5.15. The Morgan fingerprint density at radius 1 is 1.25 bits per heavy atom. The average molecular weight is 116 g/mol. The van der Waals surface area contributed by atoms with Crippen molar-refractivity contribution in [2.45, 2.75) is 0 Å². The third-order valence-electron chi connectivity index (χ3n) is 0.846. The molecule has 48 valence electrons. The molecular formula is C5H12N2O. The van der Waals surface area contributed by atoms with E-state index in [2.05, 4.69) is 12.0 Å². The van der Waals surface area contributed by atoms with Crippen LogP contribution in [0, 0.1) is 5.41 Å². The van der Waals surface area contributed by atoms with Gasteiger partial charge in [-0.25, -0.2) is 0 Å². The molecule has 1 rings (SSSR count). The van der Waals surface area contributed by atoms with Crippen molar-refractivity contribution in [3.63, 3.8) is 0 Å². The minimum atomic E-state index is 0.889. The number of morpholine rings is 1. The molecule has 0 aromatic heterocycles. The van der Waals surface area contributed by atoms with Gasteiger partial charge in [0.1, 0.15) is 0 Å². The lowest BCUT2D eigenvalue weighted by molar-refractivity contribution is 0.109. The minimum Gasteiger partial charge on any atom is -0.379 e. The maximum Gasteiger partial charge on any atom is 0.0591 e. The van der Waals surface area contributed by atoms with Crippen LogP contribution in [0.5, 0.6) is 0 Å². The van der Waals surface area contributed by atoms with Gasteiger partial charge in [0.2, 0.25) is 0 Å². The van der Waals surface area contributed by atoms with Crippen LogP contribution in [0.2, 0.25) is 0 Å². The predicted octanol–water partition coefficient (Wildman–Crippen LogP) is -0.128. The molecule has 1 saturated heterocycles. The number of ether oxygens (including phenoxy) is 1. The van der Waals surface area contributed by atoms with Gasteiger partial charge >= 0.3 is 0 Å². The zero-order valence-electron chi connectivity index (χ0n) is 4.94. The Balaban J connectivity index is 0.000000222. The molecule has 0 aromatic carbocycles. The summed E-state index contributed by atoms with van der Waals surface area (Å²) in [6.45, 7) is 6.33. The van der Waals surface area contributed by atoms with Crippen LogP contribution < -0.4 is 5.32 Å². The number of rotatable bonds is 0. The van der Waals surface area contributed by atoms with Gasteiger partial charge in [0.05, 0.1) is 13.2 Å². The maximum absolute atomic E-state index is 5.50. The standard InChI is InChI=1S/C4H9NO.CH3N/c1-3-6-4-2-5-1;1-2/h5H,1-4H2;2H,1H2. The largest absolute Gasteiger partial charge is 0.379 e. The molecule has 0 atom stereocenters. The molecule has 1 aliphatic rings. The lowest BCUT2D eigenvalue weighted by atomic mass is 10.5. The van der Waals surface area contributed by atoms with E-state index in [1.165, 1.54) is 0 Å². The SMILES string of the molecule is C1COCCN1.C=N. The van der Waals surface area contributed by atoms with Gasteiger partial charge in [-0.05, 0) is 6.72 Å². The van der Waals surface area contributed by atoms with Gasteiger partial charge < -0.3 is 15.5 Å². The first-order valence-corrected chi connectivity index (χ1v) is 2.64. The molecule has 8 heavy (non-hydrogen) atoms. The second-order valence-corrected chi connectivity index (χ2v) is 1.36. The first-order chi connectivity index (χ1) is 4.00. The molecule has 1 fully saturated rings. The summed E-state index contributed by atoms with van der Waals surface area (Å²) in [5, 5.41) is 8.66. The third-order valence-corrected chi connectivity index (χ3v) is 0.846. The van der Waals surface area contributed by atoms with Crippen LogP contribution in [0.1, 0.15) is 0 Å². The van der Waals surface area contributed by atoms with Crippen molar-refractivity contribution in [1.29, 1.82) is 5.41 Å². The molecule has 0 aliphatic carbocycles. The lowest BCUT2D eigenvalue weighted by Gasteiger charge is -2.10. The molecule has 0 aromatic rings. The summed E-state index contributed by atoms with van der Waals surface area (Å²) < 4.78 is 5.01. The Morgan fingerprint density at radius 2 is 1.75 bits per heavy atom. The van der Waals surface area contributed by atoms with Crippen molar-refractivity contribution in [2.75, 3.05) is 26.3 Å². The second-order valence-electron chi connectivity index (χ2n) is 1.36. The molecule has 1 heterocycles. The lowest BCUT2D eigenvalue weighted by Crippen LogP contribution is -2.30. The smallest absolute Gasteiger partial charge is 0.0591 e. The summed E-state index contributed by atoms with van der Waals surface area (Å²) in [6.07, 6.45) is 0. The molecule has 0 spiro atoms. The molecule has 0 unspecified atom stereocenters. The van der Waals surface area contributed by atoms with Gasteiger partial charge in [0, 0.05) is 13.1 Å². The van der Waals surface area contributed by atoms with E-state index in [4.69, 9.17) is 10.1 Å². The first kappa shape index (κ1) is 7.59. The Bertz CT molecular complexity index is 34.2. The van der Waals surface area contributed by atoms with Crippen LogP contribution in [-0.4, -0.2) is 33.0 Å². The van der Waals surface area contributed by atoms with E-state index in [-0.39, 0.29) is 0 Å². The van der Waals surface area contributed by atoms with Gasteiger partial charge in [-0.15, -0.1) is 0 Å². The molecule has 0 amide bonds. The fourth-order valence-electron chi connectivity index (χ4n) is 0.516. The van der Waals surface area contributed by atoms with Gasteiger partial charge in [-0.3, -0.25) is 0 Å². The van der Waals surface area contributed by atoms with Crippen LogP contribution in [0.15, 0.2) is 0 Å². The highest BCUT2D eigenvalue weighted by Crippen LogP contribution is 1.76. The Hall–Kier alpha value is -0.410. The summed E-state index contributed by atoms with van der Waals surface area (Å²) in [7, 11) is 0. The third kappa shape index (κ3) is 3.77. The van der Waals surface area contributed by atoms with Crippen molar-refractivity contribution < 1.29 is 4.74 Å². The molecule has 2 N–H and O–H groups in total. The number of nitrogens with one attached hydrogen (secondary N) is 2. The summed E-state index contributed by atoms with van der Waals surface area (Å²) in [5.74, 6) is 0. The van der Waals surface area contributed by atoms with Crippen LogP contribution in [0.25, 0.3) is 0 Å². The molecule has 0 radical (unpaired) electrons. The van der Waals surface area contributed by atoms with Gasteiger partial charge in [-0.1, -0.05) is 0 Å². The fraction of sp³-hybridized carbons (Fsp3) is 0.800. The summed E-state index contributed by atoms with van der Waals surface area (Å²) >= 11 is 0. The highest BCUT2D eigenvalue weighted by atomic mass is 16.5. The zero-order chi connectivity index (χ0) is 6.24. The minimum absolute atomic E-state index is 0.889. The highest BCUT2D eigenvalue weighted by Gasteiger charge is 1.92. The summed E-state index contributed by atoms with van der Waals surface area (Å²) in [6, 6.07) is 0. The topological polar surface area (TPSA) is 45.1 Å². The maximum atomic E-state index is 5.50. The van der Waals surface area contributed by atoms with E-state index in [9.17, 15) is 0 Å². The molecule has 0 bridgehead atoms. The molecule has 3 nitrogen and oxygen atoms in total. The Kier molecular flexibility index (Phi) is 6.25. The normalized spacial score (nSPS) is 18.5. The first-order valence-electron chi connectivity index (χ1n) is 2.64. The molecule has 3 heteroatoms. The van der Waals surface area contributed by atoms with E-state index < -0.39 is 0 Å². The Morgan fingerprint density at radius 3 is 1.88 bits per heavy atom. The van der Waals surface area contributed by atoms with E-state index >= 15 is 0 Å². The van der Waals surface area contributed by atoms with Gasteiger partial charge in [0.25, 0.3) is 0 Å². The van der Waals surface area contributed by atoms with Crippen molar-refractivity contribution in [3.8, 4) is 0 Å². The molecular weight excluding hydrogens is 104 g/mol. The van der Waals surface area contributed by atoms with Crippen LogP contribution >= 0.6 is 0 Å². The Labute approximate surface area is 49.5 Å². The fourth-order valence-corrected chi connectivity index (χ4v) is 0.516. The average Bonchev–Trinajstić information content (AvgIpc) is 1.96. The number of hydrogen-bond donors (Lipinski definition) is 2.